The normalized spacial score (nSPS) is 11.2. The van der Waals surface area contributed by atoms with E-state index in [-0.39, 0.29) is 0 Å². The van der Waals surface area contributed by atoms with Gasteiger partial charge in [-0.25, -0.2) is 0 Å². The lowest BCUT2D eigenvalue weighted by Gasteiger charge is -2.30. The van der Waals surface area contributed by atoms with Crippen molar-refractivity contribution < 1.29 is 0 Å². The molecule has 52 heavy (non-hydrogen) atoms. The average Bonchev–Trinajstić information content (AvgIpc) is 3.14. The monoisotopic (exact) mass is 684 g/mol. The van der Waals surface area contributed by atoms with Crippen LogP contribution in [-0.2, 0) is 12.8 Å². The highest BCUT2D eigenvalue weighted by atomic mass is 15.2. The first-order valence-corrected chi connectivity index (χ1v) is 19.3. The number of unbranched alkanes of at least 4 members (excludes halogenated alkanes) is 2. The van der Waals surface area contributed by atoms with Gasteiger partial charge in [-0.05, 0) is 160 Å². The zero-order valence-corrected chi connectivity index (χ0v) is 32.7. The lowest BCUT2D eigenvalue weighted by atomic mass is 9.98. The fourth-order valence-corrected chi connectivity index (χ4v) is 7.66. The van der Waals surface area contributed by atoms with Gasteiger partial charge in [0.25, 0.3) is 0 Å². The second-order valence-electron chi connectivity index (χ2n) is 14.8. The molecule has 0 amide bonds. The predicted octanol–water partition coefficient (Wildman–Crippen LogP) is 14.8. The third-order valence-corrected chi connectivity index (χ3v) is 10.4. The minimum absolute atomic E-state index is 1.13. The van der Waals surface area contributed by atoms with Crippen molar-refractivity contribution in [1.29, 1.82) is 0 Å². The van der Waals surface area contributed by atoms with E-state index in [0.717, 1.165) is 24.2 Å². The molecule has 0 aliphatic heterocycles. The average molecular weight is 685 g/mol. The Hall–Kier alpha value is -5.08. The van der Waals surface area contributed by atoms with Crippen molar-refractivity contribution in [2.24, 2.45) is 0 Å². The van der Waals surface area contributed by atoms with Gasteiger partial charge in [-0.15, -0.1) is 0 Å². The third-order valence-electron chi connectivity index (χ3n) is 10.4. The molecule has 0 heterocycles. The van der Waals surface area contributed by atoms with Gasteiger partial charge in [0.2, 0.25) is 0 Å². The van der Waals surface area contributed by atoms with Crippen LogP contribution in [0.1, 0.15) is 84.0 Å². The Morgan fingerprint density at radius 2 is 0.635 bits per heavy atom. The standard InChI is InChI=1S/C50H56N2/c1-9-11-13-41-31-37(5)49(38(6)32-41)51(45-23-15-35(3)16-24-45)47-27-19-43(20-28-47)44-21-29-48(30-22-44)52(46-25-17-36(4)18-26-46)50-39(7)33-42(14-12-10-2)34-40(50)8/h15-34H,9-14H2,1-8H3. The molecular formula is C50H56N2. The molecule has 0 N–H and O–H groups in total. The molecule has 0 saturated heterocycles. The number of aryl methyl sites for hydroxylation is 8. The molecular weight excluding hydrogens is 629 g/mol. The van der Waals surface area contributed by atoms with Crippen LogP contribution in [0.25, 0.3) is 11.1 Å². The number of nitrogens with zero attached hydrogens (tertiary/aromatic N) is 2. The lowest BCUT2D eigenvalue weighted by Crippen LogP contribution is -2.13. The molecule has 0 fully saturated rings. The van der Waals surface area contributed by atoms with Crippen LogP contribution in [0.4, 0.5) is 34.1 Å². The smallest absolute Gasteiger partial charge is 0.0520 e. The summed E-state index contributed by atoms with van der Waals surface area (Å²) < 4.78 is 0. The van der Waals surface area contributed by atoms with Crippen LogP contribution in [0.3, 0.4) is 0 Å². The molecule has 0 saturated carbocycles. The zero-order chi connectivity index (χ0) is 36.8. The number of benzene rings is 6. The van der Waals surface area contributed by atoms with Crippen LogP contribution in [-0.4, -0.2) is 0 Å². The molecule has 2 heteroatoms. The fourth-order valence-electron chi connectivity index (χ4n) is 7.66. The largest absolute Gasteiger partial charge is 0.310 e. The molecule has 6 rings (SSSR count). The Balaban J connectivity index is 1.35. The summed E-state index contributed by atoms with van der Waals surface area (Å²) in [5, 5.41) is 0. The minimum Gasteiger partial charge on any atom is -0.310 e. The minimum atomic E-state index is 1.13. The summed E-state index contributed by atoms with van der Waals surface area (Å²) in [6.07, 6.45) is 7.12. The predicted molar refractivity (Wildman–Crippen MR) is 227 cm³/mol. The van der Waals surface area contributed by atoms with E-state index in [0.29, 0.717) is 0 Å². The summed E-state index contributed by atoms with van der Waals surface area (Å²) in [6, 6.07) is 45.6. The van der Waals surface area contributed by atoms with Crippen LogP contribution in [0.2, 0.25) is 0 Å². The van der Waals surface area contributed by atoms with Crippen LogP contribution >= 0.6 is 0 Å². The zero-order valence-electron chi connectivity index (χ0n) is 32.7. The van der Waals surface area contributed by atoms with E-state index >= 15 is 0 Å². The number of rotatable bonds is 13. The van der Waals surface area contributed by atoms with Gasteiger partial charge in [0.05, 0.1) is 11.4 Å². The van der Waals surface area contributed by atoms with E-state index in [1.54, 1.807) is 0 Å². The first-order chi connectivity index (χ1) is 25.2. The van der Waals surface area contributed by atoms with E-state index in [1.165, 1.54) is 104 Å². The summed E-state index contributed by atoms with van der Waals surface area (Å²) in [6.45, 7) is 17.9. The first kappa shape index (κ1) is 36.7. The molecule has 0 aliphatic rings. The van der Waals surface area contributed by atoms with Gasteiger partial charge < -0.3 is 9.80 Å². The highest BCUT2D eigenvalue weighted by molar-refractivity contribution is 5.84. The summed E-state index contributed by atoms with van der Waals surface area (Å²) in [5.74, 6) is 0. The van der Waals surface area contributed by atoms with Gasteiger partial charge in [-0.2, -0.15) is 0 Å². The summed E-state index contributed by atoms with van der Waals surface area (Å²) in [4.78, 5) is 4.86. The lowest BCUT2D eigenvalue weighted by molar-refractivity contribution is 0.794. The Bertz CT molecular complexity index is 1890. The van der Waals surface area contributed by atoms with E-state index in [4.69, 9.17) is 0 Å². The van der Waals surface area contributed by atoms with Crippen molar-refractivity contribution in [3.63, 3.8) is 0 Å². The van der Waals surface area contributed by atoms with Crippen molar-refractivity contribution in [2.45, 2.75) is 93.9 Å². The maximum Gasteiger partial charge on any atom is 0.0520 e. The summed E-state index contributed by atoms with van der Waals surface area (Å²) >= 11 is 0. The van der Waals surface area contributed by atoms with Crippen LogP contribution in [0, 0.1) is 41.5 Å². The molecule has 6 aromatic rings. The number of anilines is 6. The Kier molecular flexibility index (Phi) is 11.7. The number of hydrogen-bond donors (Lipinski definition) is 0. The molecule has 0 spiro atoms. The van der Waals surface area contributed by atoms with E-state index < -0.39 is 0 Å². The van der Waals surface area contributed by atoms with Gasteiger partial charge in [-0.1, -0.05) is 111 Å². The maximum absolute atomic E-state index is 2.43. The van der Waals surface area contributed by atoms with Gasteiger partial charge in [-0.3, -0.25) is 0 Å². The Labute approximate surface area is 313 Å². The molecule has 0 aromatic heterocycles. The van der Waals surface area contributed by atoms with Crippen molar-refractivity contribution >= 4 is 34.1 Å². The van der Waals surface area contributed by atoms with E-state index in [1.807, 2.05) is 0 Å². The fraction of sp³-hybridized carbons (Fsp3) is 0.280. The Morgan fingerprint density at radius 1 is 0.365 bits per heavy atom. The second kappa shape index (κ2) is 16.5. The quantitative estimate of drug-likeness (QED) is 0.119. The maximum atomic E-state index is 2.43. The SMILES string of the molecule is CCCCc1cc(C)c(N(c2ccc(C)cc2)c2ccc(-c3ccc(N(c4ccc(C)cc4)c4c(C)cc(CCCC)cc4C)cc3)cc2)c(C)c1. The summed E-state index contributed by atoms with van der Waals surface area (Å²) in [5.41, 5.74) is 20.3. The molecule has 6 aromatic carbocycles. The third kappa shape index (κ3) is 8.18. The van der Waals surface area contributed by atoms with E-state index in [2.05, 4.69) is 187 Å². The molecule has 266 valence electrons. The molecule has 0 radical (unpaired) electrons. The molecule has 2 nitrogen and oxygen atoms in total. The van der Waals surface area contributed by atoms with Crippen molar-refractivity contribution in [2.75, 3.05) is 9.80 Å². The second-order valence-corrected chi connectivity index (χ2v) is 14.8. The first-order valence-electron chi connectivity index (χ1n) is 19.3. The van der Waals surface area contributed by atoms with Crippen molar-refractivity contribution in [1.82, 2.24) is 0 Å². The highest BCUT2D eigenvalue weighted by Gasteiger charge is 2.20. The topological polar surface area (TPSA) is 6.48 Å². The molecule has 0 aliphatic carbocycles. The molecule has 0 atom stereocenters. The highest BCUT2D eigenvalue weighted by Crippen LogP contribution is 2.42. The van der Waals surface area contributed by atoms with Crippen LogP contribution in [0.5, 0.6) is 0 Å². The van der Waals surface area contributed by atoms with Gasteiger partial charge in [0.1, 0.15) is 0 Å². The molecule has 0 unspecified atom stereocenters. The van der Waals surface area contributed by atoms with Gasteiger partial charge >= 0.3 is 0 Å². The van der Waals surface area contributed by atoms with Crippen molar-refractivity contribution in [3.8, 4) is 11.1 Å². The van der Waals surface area contributed by atoms with E-state index in [9.17, 15) is 0 Å². The van der Waals surface area contributed by atoms with Crippen LogP contribution < -0.4 is 9.80 Å². The summed E-state index contributed by atoms with van der Waals surface area (Å²) in [7, 11) is 0. The number of hydrogen-bond acceptors (Lipinski definition) is 2. The van der Waals surface area contributed by atoms with Gasteiger partial charge in [0.15, 0.2) is 0 Å². The molecule has 0 bridgehead atoms. The van der Waals surface area contributed by atoms with Gasteiger partial charge in [0, 0.05) is 22.7 Å². The Morgan fingerprint density at radius 3 is 0.904 bits per heavy atom. The van der Waals surface area contributed by atoms with Crippen molar-refractivity contribution in [3.05, 3.63) is 166 Å². The van der Waals surface area contributed by atoms with Crippen LogP contribution in [0.15, 0.2) is 121 Å².